The van der Waals surface area contributed by atoms with Crippen LogP contribution in [0.4, 0.5) is 0 Å². The fourth-order valence-electron chi connectivity index (χ4n) is 3.22. The number of nitrogens with zero attached hydrogens (tertiary/aromatic N) is 4. The van der Waals surface area contributed by atoms with Crippen molar-refractivity contribution in [2.24, 2.45) is 7.05 Å². The van der Waals surface area contributed by atoms with Crippen LogP contribution in [0.1, 0.15) is 24.0 Å². The molecular formula is C18H22N8O. The summed E-state index contributed by atoms with van der Waals surface area (Å²) in [5.41, 5.74) is 8.29. The molecule has 0 bridgehead atoms. The average Bonchev–Trinajstić information content (AvgIpc) is 3.42. The number of carbonyl (C=O) groups is 1. The predicted molar refractivity (Wildman–Crippen MR) is 99.2 cm³/mol. The molecule has 1 saturated heterocycles. The lowest BCUT2D eigenvalue weighted by Gasteiger charge is -2.11. The second-order valence-corrected chi connectivity index (χ2v) is 6.56. The standard InChI is InChI=1S/C18H22N8O/c1-26-9-3-5-15(26)13-10-14(23-22-13)18(27)20-8-6-16-21-17(25-24-16)12-4-2-7-19-11-12/h2-5,7,9,11,13-14,22-23H,6,8,10H2,1H3,(H,20,27)(H,21,24,25). The predicted octanol–water partition coefficient (Wildman–Crippen LogP) is 0.472. The Morgan fingerprint density at radius 2 is 2.26 bits per heavy atom. The summed E-state index contributed by atoms with van der Waals surface area (Å²) >= 11 is 0. The van der Waals surface area contributed by atoms with Gasteiger partial charge in [0.15, 0.2) is 5.82 Å². The lowest BCUT2D eigenvalue weighted by atomic mass is 10.1. The molecule has 0 aliphatic carbocycles. The van der Waals surface area contributed by atoms with Gasteiger partial charge < -0.3 is 9.88 Å². The minimum atomic E-state index is -0.259. The summed E-state index contributed by atoms with van der Waals surface area (Å²) in [5.74, 6) is 1.32. The summed E-state index contributed by atoms with van der Waals surface area (Å²) in [5, 5.41) is 10.1. The number of aryl methyl sites for hydroxylation is 1. The summed E-state index contributed by atoms with van der Waals surface area (Å²) < 4.78 is 2.06. The molecule has 3 aromatic heterocycles. The van der Waals surface area contributed by atoms with Crippen LogP contribution >= 0.6 is 0 Å². The van der Waals surface area contributed by atoms with Gasteiger partial charge in [0.1, 0.15) is 11.9 Å². The first kappa shape index (κ1) is 17.4. The minimum absolute atomic E-state index is 0.0220. The van der Waals surface area contributed by atoms with Crippen LogP contribution in [0, 0.1) is 0 Å². The Morgan fingerprint density at radius 3 is 3.04 bits per heavy atom. The Labute approximate surface area is 156 Å². The van der Waals surface area contributed by atoms with Crippen LogP contribution in [0.15, 0.2) is 42.9 Å². The van der Waals surface area contributed by atoms with Crippen molar-refractivity contribution in [3.05, 3.63) is 54.4 Å². The highest BCUT2D eigenvalue weighted by Gasteiger charge is 2.30. The van der Waals surface area contributed by atoms with Gasteiger partial charge in [-0.25, -0.2) is 15.8 Å². The van der Waals surface area contributed by atoms with Gasteiger partial charge in [-0.3, -0.25) is 14.9 Å². The molecule has 27 heavy (non-hydrogen) atoms. The molecule has 1 fully saturated rings. The summed E-state index contributed by atoms with van der Waals surface area (Å²) in [4.78, 5) is 20.9. The van der Waals surface area contributed by atoms with Crippen molar-refractivity contribution in [1.82, 2.24) is 40.9 Å². The Hall–Kier alpha value is -3.04. The van der Waals surface area contributed by atoms with Crippen molar-refractivity contribution in [2.75, 3.05) is 6.54 Å². The highest BCUT2D eigenvalue weighted by Crippen LogP contribution is 2.22. The summed E-state index contributed by atoms with van der Waals surface area (Å²) in [7, 11) is 2.00. The van der Waals surface area contributed by atoms with E-state index in [9.17, 15) is 4.79 Å². The summed E-state index contributed by atoms with van der Waals surface area (Å²) in [6.45, 7) is 0.494. The molecule has 2 atom stereocenters. The molecule has 4 heterocycles. The molecule has 140 valence electrons. The number of aromatic amines is 1. The Kier molecular flexibility index (Phi) is 4.95. The van der Waals surface area contributed by atoms with E-state index in [0.717, 1.165) is 17.1 Å². The molecule has 4 N–H and O–H groups in total. The van der Waals surface area contributed by atoms with E-state index in [1.54, 1.807) is 12.4 Å². The van der Waals surface area contributed by atoms with Gasteiger partial charge in [0, 0.05) is 49.9 Å². The molecule has 0 spiro atoms. The molecule has 2 unspecified atom stereocenters. The van der Waals surface area contributed by atoms with Gasteiger partial charge in [-0.1, -0.05) is 0 Å². The second kappa shape index (κ2) is 7.68. The van der Waals surface area contributed by atoms with Crippen LogP contribution in [0.2, 0.25) is 0 Å². The number of amides is 1. The molecule has 3 aromatic rings. The molecule has 1 aliphatic heterocycles. The van der Waals surface area contributed by atoms with Crippen molar-refractivity contribution in [3.63, 3.8) is 0 Å². The van der Waals surface area contributed by atoms with Crippen molar-refractivity contribution >= 4 is 5.91 Å². The Morgan fingerprint density at radius 1 is 1.33 bits per heavy atom. The van der Waals surface area contributed by atoms with Gasteiger partial charge in [-0.05, 0) is 30.7 Å². The number of hydrogen-bond donors (Lipinski definition) is 4. The molecule has 4 rings (SSSR count). The van der Waals surface area contributed by atoms with E-state index in [1.807, 2.05) is 31.4 Å². The highest BCUT2D eigenvalue weighted by atomic mass is 16.2. The van der Waals surface area contributed by atoms with E-state index < -0.39 is 0 Å². The monoisotopic (exact) mass is 366 g/mol. The summed E-state index contributed by atoms with van der Waals surface area (Å²) in [6.07, 6.45) is 6.72. The van der Waals surface area contributed by atoms with E-state index in [1.165, 1.54) is 0 Å². The van der Waals surface area contributed by atoms with E-state index in [4.69, 9.17) is 0 Å². The van der Waals surface area contributed by atoms with Gasteiger partial charge in [0.05, 0.1) is 6.04 Å². The number of pyridine rings is 1. The van der Waals surface area contributed by atoms with Crippen molar-refractivity contribution in [1.29, 1.82) is 0 Å². The van der Waals surface area contributed by atoms with Crippen LogP contribution in [0.25, 0.3) is 11.4 Å². The van der Waals surface area contributed by atoms with Crippen LogP contribution in [-0.2, 0) is 18.3 Å². The molecule has 9 nitrogen and oxygen atoms in total. The average molecular weight is 366 g/mol. The van der Waals surface area contributed by atoms with Gasteiger partial charge in [0.2, 0.25) is 5.91 Å². The second-order valence-electron chi connectivity index (χ2n) is 6.56. The van der Waals surface area contributed by atoms with E-state index in [2.05, 4.69) is 47.0 Å². The van der Waals surface area contributed by atoms with Crippen LogP contribution in [0.3, 0.4) is 0 Å². The first-order valence-corrected chi connectivity index (χ1v) is 8.92. The van der Waals surface area contributed by atoms with Crippen LogP contribution in [-0.4, -0.2) is 43.2 Å². The third kappa shape index (κ3) is 3.88. The number of H-pyrrole nitrogens is 1. The van der Waals surface area contributed by atoms with Gasteiger partial charge >= 0.3 is 0 Å². The molecule has 0 saturated carbocycles. The van der Waals surface area contributed by atoms with Gasteiger partial charge in [-0.2, -0.15) is 5.10 Å². The largest absolute Gasteiger partial charge is 0.354 e. The normalized spacial score (nSPS) is 19.3. The van der Waals surface area contributed by atoms with E-state index in [-0.39, 0.29) is 18.0 Å². The number of hydrogen-bond acceptors (Lipinski definition) is 6. The Balaban J connectivity index is 1.26. The van der Waals surface area contributed by atoms with Crippen LogP contribution < -0.4 is 16.2 Å². The first-order valence-electron chi connectivity index (χ1n) is 8.92. The topological polar surface area (TPSA) is 113 Å². The maximum atomic E-state index is 12.4. The molecule has 0 aromatic carbocycles. The minimum Gasteiger partial charge on any atom is -0.354 e. The molecular weight excluding hydrogens is 344 g/mol. The number of nitrogens with one attached hydrogen (secondary N) is 4. The lowest BCUT2D eigenvalue weighted by Crippen LogP contribution is -2.43. The molecule has 9 heteroatoms. The van der Waals surface area contributed by atoms with Gasteiger partial charge in [-0.15, -0.1) is 0 Å². The van der Waals surface area contributed by atoms with Gasteiger partial charge in [0.25, 0.3) is 0 Å². The summed E-state index contributed by atoms with van der Waals surface area (Å²) in [6, 6.07) is 7.67. The molecule has 1 aliphatic rings. The van der Waals surface area contributed by atoms with Crippen molar-refractivity contribution < 1.29 is 4.79 Å². The third-order valence-corrected chi connectivity index (χ3v) is 4.67. The number of carbonyl (C=O) groups excluding carboxylic acids is 1. The van der Waals surface area contributed by atoms with Crippen LogP contribution in [0.5, 0.6) is 0 Å². The number of rotatable bonds is 6. The van der Waals surface area contributed by atoms with E-state index in [0.29, 0.717) is 25.2 Å². The molecule has 0 radical (unpaired) electrons. The van der Waals surface area contributed by atoms with E-state index >= 15 is 0 Å². The maximum absolute atomic E-state index is 12.4. The Bertz CT molecular complexity index is 903. The maximum Gasteiger partial charge on any atom is 0.238 e. The zero-order valence-electron chi connectivity index (χ0n) is 15.0. The zero-order chi connectivity index (χ0) is 18.6. The van der Waals surface area contributed by atoms with Crippen molar-refractivity contribution in [2.45, 2.75) is 24.9 Å². The zero-order valence-corrected chi connectivity index (χ0v) is 15.0. The quantitative estimate of drug-likeness (QED) is 0.505. The third-order valence-electron chi connectivity index (χ3n) is 4.67. The lowest BCUT2D eigenvalue weighted by molar-refractivity contribution is -0.122. The highest BCUT2D eigenvalue weighted by molar-refractivity contribution is 5.82. The molecule has 1 amide bonds. The fourth-order valence-corrected chi connectivity index (χ4v) is 3.22. The smallest absolute Gasteiger partial charge is 0.238 e. The number of hydrazine groups is 1. The first-order chi connectivity index (χ1) is 13.2. The SMILES string of the molecule is Cn1cccc1C1CC(C(=O)NCCc2nc(-c3cccnc3)n[nH]2)NN1. The fraction of sp³-hybridized carbons (Fsp3) is 0.333. The van der Waals surface area contributed by atoms with Crippen molar-refractivity contribution in [3.8, 4) is 11.4 Å². The number of aromatic nitrogens is 5.